The van der Waals surface area contributed by atoms with E-state index in [1.165, 1.54) is 6.07 Å². The third-order valence-corrected chi connectivity index (χ3v) is 2.07. The Balaban J connectivity index is 0.00000128. The molecular weight excluding hydrogens is 228 g/mol. The van der Waals surface area contributed by atoms with Crippen LogP contribution in [0.4, 0.5) is 5.69 Å². The van der Waals surface area contributed by atoms with Crippen LogP contribution in [0.15, 0.2) is 54.9 Å². The molecule has 0 unspecified atom stereocenters. The molecule has 0 N–H and O–H groups in total. The third-order valence-electron chi connectivity index (χ3n) is 2.07. The summed E-state index contributed by atoms with van der Waals surface area (Å²) >= 11 is 0. The van der Waals surface area contributed by atoms with Gasteiger partial charge in [0.05, 0.1) is 4.92 Å². The van der Waals surface area contributed by atoms with Gasteiger partial charge in [0.2, 0.25) is 0 Å². The number of pyridine rings is 1. The standard InChI is InChI=1S/C11H9N2O2.ClH/c14-13(15)11-7-3-2-6-10(11)12-8-4-1-5-9-12;/h1-9H;1H/q+1;/p-1. The highest BCUT2D eigenvalue weighted by molar-refractivity contribution is 5.45. The molecule has 82 valence electrons. The van der Waals surface area contributed by atoms with E-state index in [0.29, 0.717) is 5.69 Å². The summed E-state index contributed by atoms with van der Waals surface area (Å²) in [6.45, 7) is 0. The van der Waals surface area contributed by atoms with Crippen molar-refractivity contribution < 1.29 is 21.9 Å². The van der Waals surface area contributed by atoms with Crippen molar-refractivity contribution in [3.05, 3.63) is 65.0 Å². The van der Waals surface area contributed by atoms with Crippen LogP contribution in [0, 0.1) is 10.1 Å². The second kappa shape index (κ2) is 5.23. The summed E-state index contributed by atoms with van der Waals surface area (Å²) in [5.41, 5.74) is 0.678. The number of rotatable bonds is 2. The number of nitrogens with zero attached hydrogens (tertiary/aromatic N) is 2. The summed E-state index contributed by atoms with van der Waals surface area (Å²) in [6, 6.07) is 12.2. The lowest BCUT2D eigenvalue weighted by molar-refractivity contribution is -0.600. The molecule has 0 spiro atoms. The molecule has 0 bridgehead atoms. The van der Waals surface area contributed by atoms with Gasteiger partial charge in [-0.1, -0.05) is 18.2 Å². The zero-order chi connectivity index (χ0) is 10.7. The molecule has 0 aliphatic rings. The van der Waals surface area contributed by atoms with Crippen LogP contribution in [0.1, 0.15) is 0 Å². The number of benzene rings is 1. The largest absolute Gasteiger partial charge is 1.00 e. The lowest BCUT2D eigenvalue weighted by Crippen LogP contribution is -3.00. The van der Waals surface area contributed by atoms with Gasteiger partial charge in [-0.25, -0.2) is 0 Å². The van der Waals surface area contributed by atoms with E-state index < -0.39 is 0 Å². The summed E-state index contributed by atoms with van der Waals surface area (Å²) in [6.07, 6.45) is 3.56. The molecule has 1 aromatic carbocycles. The van der Waals surface area contributed by atoms with Gasteiger partial charge in [0.15, 0.2) is 12.4 Å². The van der Waals surface area contributed by atoms with E-state index in [1.807, 2.05) is 18.2 Å². The van der Waals surface area contributed by atoms with Crippen LogP contribution in [-0.4, -0.2) is 4.92 Å². The first kappa shape index (κ1) is 12.1. The predicted octanol–water partition coefficient (Wildman–Crippen LogP) is -1.12. The number of aromatic nitrogens is 1. The van der Waals surface area contributed by atoms with E-state index in [4.69, 9.17) is 0 Å². The maximum Gasteiger partial charge on any atom is 0.340 e. The molecule has 0 saturated heterocycles. The summed E-state index contributed by atoms with van der Waals surface area (Å²) in [5.74, 6) is 0. The highest BCUT2D eigenvalue weighted by Crippen LogP contribution is 2.16. The van der Waals surface area contributed by atoms with Crippen LogP contribution in [0.2, 0.25) is 0 Å². The van der Waals surface area contributed by atoms with Gasteiger partial charge in [0.25, 0.3) is 5.69 Å². The van der Waals surface area contributed by atoms with Gasteiger partial charge >= 0.3 is 5.69 Å². The number of para-hydroxylation sites is 2. The van der Waals surface area contributed by atoms with E-state index in [2.05, 4.69) is 0 Å². The van der Waals surface area contributed by atoms with Gasteiger partial charge in [-0.05, 0) is 0 Å². The molecule has 1 aromatic heterocycles. The maximum atomic E-state index is 10.8. The Morgan fingerprint density at radius 1 is 1.00 bits per heavy atom. The summed E-state index contributed by atoms with van der Waals surface area (Å²) in [5, 5.41) is 10.8. The Bertz CT molecular complexity index is 488. The molecule has 4 nitrogen and oxygen atoms in total. The Labute approximate surface area is 98.7 Å². The maximum absolute atomic E-state index is 10.8. The number of hydrogen-bond donors (Lipinski definition) is 0. The van der Waals surface area contributed by atoms with Crippen LogP contribution >= 0.6 is 0 Å². The predicted molar refractivity (Wildman–Crippen MR) is 54.6 cm³/mol. The van der Waals surface area contributed by atoms with Crippen molar-refractivity contribution in [1.82, 2.24) is 0 Å². The van der Waals surface area contributed by atoms with Gasteiger partial charge < -0.3 is 12.4 Å². The fourth-order valence-electron chi connectivity index (χ4n) is 1.40. The number of hydrogen-bond acceptors (Lipinski definition) is 2. The summed E-state index contributed by atoms with van der Waals surface area (Å²) in [7, 11) is 0. The van der Waals surface area contributed by atoms with Crippen molar-refractivity contribution in [1.29, 1.82) is 0 Å². The Hall–Kier alpha value is -1.94. The average molecular weight is 237 g/mol. The third kappa shape index (κ3) is 2.35. The first-order chi connectivity index (χ1) is 7.29. The molecule has 0 fully saturated rings. The Kier molecular flexibility index (Phi) is 3.96. The topological polar surface area (TPSA) is 47.0 Å². The lowest BCUT2D eigenvalue weighted by atomic mass is 10.2. The fourth-order valence-corrected chi connectivity index (χ4v) is 1.40. The summed E-state index contributed by atoms with van der Waals surface area (Å²) < 4.78 is 1.72. The molecule has 0 saturated carbocycles. The number of nitro benzene ring substituents is 1. The minimum Gasteiger partial charge on any atom is -1.00 e. The first-order valence-electron chi connectivity index (χ1n) is 4.49. The van der Waals surface area contributed by atoms with E-state index in [-0.39, 0.29) is 23.0 Å². The van der Waals surface area contributed by atoms with Crippen molar-refractivity contribution in [2.45, 2.75) is 0 Å². The van der Waals surface area contributed by atoms with Crippen LogP contribution in [0.5, 0.6) is 0 Å². The quantitative estimate of drug-likeness (QED) is 0.377. The van der Waals surface area contributed by atoms with Crippen LogP contribution in [0.25, 0.3) is 5.69 Å². The monoisotopic (exact) mass is 236 g/mol. The Morgan fingerprint density at radius 2 is 1.62 bits per heavy atom. The molecule has 0 amide bonds. The van der Waals surface area contributed by atoms with Crippen LogP contribution < -0.4 is 17.0 Å². The fraction of sp³-hybridized carbons (Fsp3) is 0. The molecule has 0 radical (unpaired) electrons. The minimum atomic E-state index is -0.380. The van der Waals surface area contributed by atoms with E-state index in [9.17, 15) is 10.1 Å². The van der Waals surface area contributed by atoms with Gasteiger partial charge in [-0.3, -0.25) is 10.1 Å². The number of halogens is 1. The molecule has 1 heterocycles. The normalized spacial score (nSPS) is 9.25. The SMILES string of the molecule is O=[N+]([O-])c1ccccc1-[n+]1ccccc1.[Cl-]. The van der Waals surface area contributed by atoms with Gasteiger partial charge in [-0.2, -0.15) is 4.57 Å². The average Bonchev–Trinajstić information content (AvgIpc) is 2.30. The van der Waals surface area contributed by atoms with Crippen LogP contribution in [-0.2, 0) is 0 Å². The minimum absolute atomic E-state index is 0. The smallest absolute Gasteiger partial charge is 0.340 e. The van der Waals surface area contributed by atoms with Crippen molar-refractivity contribution in [2.75, 3.05) is 0 Å². The lowest BCUT2D eigenvalue weighted by Gasteiger charge is -1.95. The molecule has 2 aromatic rings. The zero-order valence-electron chi connectivity index (χ0n) is 8.29. The van der Waals surface area contributed by atoms with Crippen molar-refractivity contribution in [3.8, 4) is 5.69 Å². The van der Waals surface area contributed by atoms with Gasteiger partial charge in [-0.15, -0.1) is 0 Å². The molecule has 5 heteroatoms. The first-order valence-corrected chi connectivity index (χ1v) is 4.49. The van der Waals surface area contributed by atoms with Crippen molar-refractivity contribution in [3.63, 3.8) is 0 Å². The summed E-state index contributed by atoms with van der Waals surface area (Å²) in [4.78, 5) is 10.4. The van der Waals surface area contributed by atoms with Gasteiger partial charge in [0, 0.05) is 24.3 Å². The van der Waals surface area contributed by atoms with Crippen LogP contribution in [0.3, 0.4) is 0 Å². The molecule has 0 aliphatic heterocycles. The zero-order valence-corrected chi connectivity index (χ0v) is 9.04. The second-order valence-electron chi connectivity index (χ2n) is 3.03. The van der Waals surface area contributed by atoms with Gasteiger partial charge in [0.1, 0.15) is 0 Å². The molecule has 0 aliphatic carbocycles. The highest BCUT2D eigenvalue weighted by atomic mass is 35.5. The van der Waals surface area contributed by atoms with E-state index in [1.54, 1.807) is 35.2 Å². The molecular formula is C11H9ClN2O2. The van der Waals surface area contributed by atoms with E-state index in [0.717, 1.165) is 0 Å². The van der Waals surface area contributed by atoms with Crippen molar-refractivity contribution in [2.24, 2.45) is 0 Å². The Morgan fingerprint density at radius 3 is 2.25 bits per heavy atom. The molecule has 2 rings (SSSR count). The molecule has 0 atom stereocenters. The molecule has 16 heavy (non-hydrogen) atoms. The highest BCUT2D eigenvalue weighted by Gasteiger charge is 2.19. The second-order valence-corrected chi connectivity index (χ2v) is 3.03. The number of nitro groups is 1. The van der Waals surface area contributed by atoms with Crippen molar-refractivity contribution >= 4 is 5.69 Å². The van der Waals surface area contributed by atoms with E-state index >= 15 is 0 Å².